The molecule has 0 spiro atoms. The Kier molecular flexibility index (Phi) is 9.42. The zero-order valence-electron chi connectivity index (χ0n) is 10.3. The van der Waals surface area contributed by atoms with Crippen LogP contribution in [0.1, 0.15) is 52.9 Å². The van der Waals surface area contributed by atoms with Crippen molar-refractivity contribution in [3.63, 3.8) is 0 Å². The van der Waals surface area contributed by atoms with Gasteiger partial charge in [0.1, 0.15) is 0 Å². The van der Waals surface area contributed by atoms with Gasteiger partial charge in [0.05, 0.1) is 0 Å². The molecule has 1 atom stereocenters. The highest BCUT2D eigenvalue weighted by atomic mass is 15.1. The molecule has 0 aliphatic carbocycles. The predicted octanol–water partition coefficient (Wildman–Crippen LogP) is 2.63. The molecule has 0 aliphatic rings. The van der Waals surface area contributed by atoms with E-state index in [0.29, 0.717) is 6.04 Å². The van der Waals surface area contributed by atoms with E-state index in [4.69, 9.17) is 5.73 Å². The third-order valence-electron chi connectivity index (χ3n) is 2.85. The second-order valence-corrected chi connectivity index (χ2v) is 4.10. The summed E-state index contributed by atoms with van der Waals surface area (Å²) in [6.07, 6.45) is 6.17. The van der Waals surface area contributed by atoms with Gasteiger partial charge in [-0.15, -0.1) is 0 Å². The van der Waals surface area contributed by atoms with Crippen molar-refractivity contribution >= 4 is 0 Å². The van der Waals surface area contributed by atoms with Gasteiger partial charge in [-0.25, -0.2) is 0 Å². The summed E-state index contributed by atoms with van der Waals surface area (Å²) >= 11 is 0. The van der Waals surface area contributed by atoms with Crippen molar-refractivity contribution in [1.82, 2.24) is 4.90 Å². The molecule has 0 bridgehead atoms. The lowest BCUT2D eigenvalue weighted by atomic mass is 10.1. The number of hydrogen-bond acceptors (Lipinski definition) is 2. The first kappa shape index (κ1) is 13.9. The number of nitrogens with two attached hydrogens (primary N) is 1. The minimum absolute atomic E-state index is 0.417. The lowest BCUT2D eigenvalue weighted by Crippen LogP contribution is -2.27. The molecule has 1 unspecified atom stereocenters. The highest BCUT2D eigenvalue weighted by molar-refractivity contribution is 4.61. The predicted molar refractivity (Wildman–Crippen MR) is 64.5 cm³/mol. The van der Waals surface area contributed by atoms with E-state index in [0.717, 1.165) is 6.42 Å². The molecule has 2 nitrogen and oxygen atoms in total. The summed E-state index contributed by atoms with van der Waals surface area (Å²) in [6.45, 7) is 10.3. The summed E-state index contributed by atoms with van der Waals surface area (Å²) in [6, 6.07) is 0.417. The molecule has 0 rings (SSSR count). The molecular weight excluding hydrogens is 172 g/mol. The normalized spacial score (nSPS) is 13.5. The van der Waals surface area contributed by atoms with E-state index >= 15 is 0 Å². The van der Waals surface area contributed by atoms with Crippen LogP contribution in [0.4, 0.5) is 0 Å². The first-order valence-electron chi connectivity index (χ1n) is 6.22. The van der Waals surface area contributed by atoms with E-state index in [1.165, 1.54) is 45.3 Å². The molecule has 0 radical (unpaired) electrons. The highest BCUT2D eigenvalue weighted by Crippen LogP contribution is 2.02. The maximum atomic E-state index is 5.88. The summed E-state index contributed by atoms with van der Waals surface area (Å²) in [5, 5.41) is 0. The molecule has 2 N–H and O–H groups in total. The van der Waals surface area contributed by atoms with E-state index in [1.807, 2.05) is 0 Å². The van der Waals surface area contributed by atoms with Gasteiger partial charge < -0.3 is 10.6 Å². The van der Waals surface area contributed by atoms with Crippen molar-refractivity contribution in [1.29, 1.82) is 0 Å². The van der Waals surface area contributed by atoms with Gasteiger partial charge in [-0.3, -0.25) is 0 Å². The van der Waals surface area contributed by atoms with E-state index in [2.05, 4.69) is 25.7 Å². The minimum atomic E-state index is 0.417. The van der Waals surface area contributed by atoms with E-state index in [9.17, 15) is 0 Å². The standard InChI is InChI=1S/C12H28N2/c1-4-7-10-14(6-3)11-8-9-12(13)5-2/h12H,4-11,13H2,1-3H3. The highest BCUT2D eigenvalue weighted by Gasteiger charge is 2.03. The van der Waals surface area contributed by atoms with Gasteiger partial charge in [-0.05, 0) is 45.3 Å². The quantitative estimate of drug-likeness (QED) is 0.620. The summed E-state index contributed by atoms with van der Waals surface area (Å²) in [5.41, 5.74) is 5.88. The Morgan fingerprint density at radius 3 is 2.21 bits per heavy atom. The van der Waals surface area contributed by atoms with Gasteiger partial charge in [0.2, 0.25) is 0 Å². The van der Waals surface area contributed by atoms with Crippen LogP contribution in [0.3, 0.4) is 0 Å². The second kappa shape index (κ2) is 9.47. The monoisotopic (exact) mass is 200 g/mol. The summed E-state index contributed by atoms with van der Waals surface area (Å²) < 4.78 is 0. The molecular formula is C12H28N2. The second-order valence-electron chi connectivity index (χ2n) is 4.10. The molecule has 0 saturated heterocycles. The third-order valence-corrected chi connectivity index (χ3v) is 2.85. The van der Waals surface area contributed by atoms with E-state index in [-0.39, 0.29) is 0 Å². The number of hydrogen-bond donors (Lipinski definition) is 1. The van der Waals surface area contributed by atoms with E-state index in [1.54, 1.807) is 0 Å². The van der Waals surface area contributed by atoms with Crippen molar-refractivity contribution in [2.24, 2.45) is 5.73 Å². The lowest BCUT2D eigenvalue weighted by Gasteiger charge is -2.20. The topological polar surface area (TPSA) is 29.3 Å². The fourth-order valence-electron chi connectivity index (χ4n) is 1.59. The maximum absolute atomic E-state index is 5.88. The molecule has 2 heteroatoms. The van der Waals surface area contributed by atoms with Crippen LogP contribution in [0, 0.1) is 0 Å². The molecule has 0 aliphatic heterocycles. The average Bonchev–Trinajstić information content (AvgIpc) is 2.22. The fourth-order valence-corrected chi connectivity index (χ4v) is 1.59. The third kappa shape index (κ3) is 7.34. The summed E-state index contributed by atoms with van der Waals surface area (Å²) in [5.74, 6) is 0. The van der Waals surface area contributed by atoms with Crippen molar-refractivity contribution in [2.45, 2.75) is 58.9 Å². The van der Waals surface area contributed by atoms with Crippen LogP contribution in [0.5, 0.6) is 0 Å². The Bertz CT molecular complexity index is 115. The van der Waals surface area contributed by atoms with Gasteiger partial charge >= 0.3 is 0 Å². The Labute approximate surface area is 89.9 Å². The van der Waals surface area contributed by atoms with Crippen LogP contribution in [0.25, 0.3) is 0 Å². The molecule has 0 aromatic heterocycles. The van der Waals surface area contributed by atoms with Gasteiger partial charge in [0.25, 0.3) is 0 Å². The smallest absolute Gasteiger partial charge is 0.00366 e. The number of rotatable bonds is 9. The van der Waals surface area contributed by atoms with Crippen molar-refractivity contribution in [3.8, 4) is 0 Å². The Balaban J connectivity index is 3.42. The zero-order valence-corrected chi connectivity index (χ0v) is 10.3. The minimum Gasteiger partial charge on any atom is -0.328 e. The van der Waals surface area contributed by atoms with Crippen LogP contribution >= 0.6 is 0 Å². The van der Waals surface area contributed by atoms with Crippen molar-refractivity contribution < 1.29 is 0 Å². The average molecular weight is 200 g/mol. The van der Waals surface area contributed by atoms with Gasteiger partial charge in [-0.1, -0.05) is 27.2 Å². The molecule has 0 saturated carbocycles. The first-order valence-corrected chi connectivity index (χ1v) is 6.22. The molecule has 0 heterocycles. The Morgan fingerprint density at radius 2 is 1.71 bits per heavy atom. The summed E-state index contributed by atoms with van der Waals surface area (Å²) in [4.78, 5) is 2.53. The van der Waals surface area contributed by atoms with E-state index < -0.39 is 0 Å². The van der Waals surface area contributed by atoms with Crippen LogP contribution < -0.4 is 5.73 Å². The molecule has 0 fully saturated rings. The molecule has 14 heavy (non-hydrogen) atoms. The van der Waals surface area contributed by atoms with Crippen LogP contribution in [0.15, 0.2) is 0 Å². The largest absolute Gasteiger partial charge is 0.328 e. The summed E-state index contributed by atoms with van der Waals surface area (Å²) in [7, 11) is 0. The SMILES string of the molecule is CCCCN(CC)CCCC(N)CC. The molecule has 86 valence electrons. The zero-order chi connectivity index (χ0) is 10.8. The lowest BCUT2D eigenvalue weighted by molar-refractivity contribution is 0.274. The van der Waals surface area contributed by atoms with Crippen molar-refractivity contribution in [3.05, 3.63) is 0 Å². The first-order chi connectivity index (χ1) is 6.74. The van der Waals surface area contributed by atoms with Crippen LogP contribution in [0.2, 0.25) is 0 Å². The van der Waals surface area contributed by atoms with Crippen LogP contribution in [-0.4, -0.2) is 30.6 Å². The van der Waals surface area contributed by atoms with Gasteiger partial charge in [-0.2, -0.15) is 0 Å². The van der Waals surface area contributed by atoms with Crippen LogP contribution in [-0.2, 0) is 0 Å². The molecule has 0 aromatic carbocycles. The van der Waals surface area contributed by atoms with Crippen molar-refractivity contribution in [2.75, 3.05) is 19.6 Å². The maximum Gasteiger partial charge on any atom is 0.00366 e. The Morgan fingerprint density at radius 1 is 1.07 bits per heavy atom. The molecule has 0 aromatic rings. The number of nitrogens with zero attached hydrogens (tertiary/aromatic N) is 1. The molecule has 0 amide bonds. The fraction of sp³-hybridized carbons (Fsp3) is 1.00. The Hall–Kier alpha value is -0.0800. The van der Waals surface area contributed by atoms with Gasteiger partial charge in [0, 0.05) is 6.04 Å². The van der Waals surface area contributed by atoms with Gasteiger partial charge in [0.15, 0.2) is 0 Å². The number of unbranched alkanes of at least 4 members (excludes halogenated alkanes) is 1.